The minimum atomic E-state index is -4.14. The van der Waals surface area contributed by atoms with E-state index in [1.807, 2.05) is 12.2 Å². The SMILES string of the molecule is CCOc1ccc(F)cc1S(=O)(=O)Nc1cnc2c(c1)/C(=C/C=N)[NH2+][C@H](C)CO2. The molecule has 0 aliphatic carbocycles. The van der Waals surface area contributed by atoms with Crippen LogP contribution in [0.3, 0.4) is 0 Å². The fraction of sp³-hybridized carbons (Fsp3) is 0.263. The van der Waals surface area contributed by atoms with E-state index in [2.05, 4.69) is 9.71 Å². The van der Waals surface area contributed by atoms with Gasteiger partial charge in [0.2, 0.25) is 5.88 Å². The maximum absolute atomic E-state index is 13.7. The predicted molar refractivity (Wildman–Crippen MR) is 106 cm³/mol. The van der Waals surface area contributed by atoms with Crippen molar-refractivity contribution < 1.29 is 27.6 Å². The molecule has 1 aliphatic heterocycles. The Morgan fingerprint density at radius 3 is 2.97 bits per heavy atom. The lowest BCUT2D eigenvalue weighted by Crippen LogP contribution is -2.87. The zero-order chi connectivity index (χ0) is 21.0. The van der Waals surface area contributed by atoms with Crippen molar-refractivity contribution in [3.05, 3.63) is 47.9 Å². The van der Waals surface area contributed by atoms with Gasteiger partial charge in [-0.05, 0) is 38.1 Å². The van der Waals surface area contributed by atoms with E-state index in [0.717, 1.165) is 18.3 Å². The lowest BCUT2D eigenvalue weighted by Gasteiger charge is -2.13. The van der Waals surface area contributed by atoms with Gasteiger partial charge in [0.05, 0.1) is 24.1 Å². The van der Waals surface area contributed by atoms with Crippen LogP contribution in [0.15, 0.2) is 41.4 Å². The van der Waals surface area contributed by atoms with Gasteiger partial charge in [-0.2, -0.15) is 0 Å². The third kappa shape index (κ3) is 4.72. The number of quaternary nitrogens is 1. The summed E-state index contributed by atoms with van der Waals surface area (Å²) in [4.78, 5) is 3.91. The van der Waals surface area contributed by atoms with E-state index in [9.17, 15) is 12.8 Å². The number of ether oxygens (including phenoxy) is 2. The van der Waals surface area contributed by atoms with Gasteiger partial charge >= 0.3 is 0 Å². The number of pyridine rings is 1. The number of fused-ring (bicyclic) bond motifs is 1. The van der Waals surface area contributed by atoms with Gasteiger partial charge in [0, 0.05) is 12.3 Å². The zero-order valence-electron chi connectivity index (χ0n) is 16.0. The largest absolute Gasteiger partial charge is 0.492 e. The Morgan fingerprint density at radius 2 is 2.24 bits per heavy atom. The summed E-state index contributed by atoms with van der Waals surface area (Å²) in [5.41, 5.74) is 1.44. The Morgan fingerprint density at radius 1 is 1.45 bits per heavy atom. The van der Waals surface area contributed by atoms with Gasteiger partial charge in [-0.15, -0.1) is 0 Å². The van der Waals surface area contributed by atoms with Gasteiger partial charge in [0.15, 0.2) is 0 Å². The molecule has 1 aromatic heterocycles. The number of aromatic nitrogens is 1. The van der Waals surface area contributed by atoms with Crippen LogP contribution in [0.2, 0.25) is 0 Å². The Kier molecular flexibility index (Phi) is 6.14. The van der Waals surface area contributed by atoms with Crippen molar-refractivity contribution in [3.63, 3.8) is 0 Å². The number of sulfonamides is 1. The fourth-order valence-corrected chi connectivity index (χ4v) is 4.09. The van der Waals surface area contributed by atoms with Crippen molar-refractivity contribution in [1.82, 2.24) is 4.98 Å². The second-order valence-electron chi connectivity index (χ2n) is 6.45. The molecule has 10 heteroatoms. The van der Waals surface area contributed by atoms with E-state index >= 15 is 0 Å². The molecular formula is C19H22FN4O4S+. The van der Waals surface area contributed by atoms with Crippen molar-refractivity contribution in [3.8, 4) is 11.6 Å². The number of allylic oxidation sites excluding steroid dienone is 1. The molecule has 0 bridgehead atoms. The molecule has 1 aliphatic rings. The molecule has 4 N–H and O–H groups in total. The van der Waals surface area contributed by atoms with Crippen LogP contribution in [0.25, 0.3) is 5.70 Å². The number of nitrogens with two attached hydrogens (primary N) is 1. The van der Waals surface area contributed by atoms with Crippen molar-refractivity contribution in [2.45, 2.75) is 24.8 Å². The quantitative estimate of drug-likeness (QED) is 0.614. The molecule has 0 spiro atoms. The third-order valence-electron chi connectivity index (χ3n) is 4.12. The zero-order valence-corrected chi connectivity index (χ0v) is 16.8. The third-order valence-corrected chi connectivity index (χ3v) is 5.52. The van der Waals surface area contributed by atoms with E-state index in [4.69, 9.17) is 14.9 Å². The summed E-state index contributed by atoms with van der Waals surface area (Å²) >= 11 is 0. The molecular weight excluding hydrogens is 399 g/mol. The van der Waals surface area contributed by atoms with Gasteiger partial charge in [0.25, 0.3) is 10.0 Å². The molecule has 8 nitrogen and oxygen atoms in total. The number of anilines is 1. The van der Waals surface area contributed by atoms with Gasteiger partial charge in [-0.1, -0.05) is 0 Å². The summed E-state index contributed by atoms with van der Waals surface area (Å²) in [7, 11) is -4.14. The molecule has 154 valence electrons. The molecule has 3 rings (SSSR count). The molecule has 1 aromatic carbocycles. The van der Waals surface area contributed by atoms with Crippen LogP contribution in [0.1, 0.15) is 19.4 Å². The lowest BCUT2D eigenvalue weighted by atomic mass is 10.1. The van der Waals surface area contributed by atoms with Gasteiger partial charge in [0.1, 0.15) is 34.8 Å². The van der Waals surface area contributed by atoms with E-state index < -0.39 is 15.8 Å². The van der Waals surface area contributed by atoms with Crippen molar-refractivity contribution in [2.24, 2.45) is 0 Å². The van der Waals surface area contributed by atoms with Crippen molar-refractivity contribution in [1.29, 1.82) is 5.41 Å². The first kappa shape index (κ1) is 20.7. The van der Waals surface area contributed by atoms with E-state index in [1.165, 1.54) is 12.3 Å². The molecule has 0 saturated heterocycles. The van der Waals surface area contributed by atoms with Gasteiger partial charge in [-0.3, -0.25) is 4.72 Å². The number of hydrogen-bond donors (Lipinski definition) is 3. The number of rotatable bonds is 6. The minimum Gasteiger partial charge on any atom is -0.492 e. The predicted octanol–water partition coefficient (Wildman–Crippen LogP) is 1.75. The molecule has 1 atom stereocenters. The van der Waals surface area contributed by atoms with Crippen molar-refractivity contribution in [2.75, 3.05) is 17.9 Å². The highest BCUT2D eigenvalue weighted by Crippen LogP contribution is 2.29. The first-order valence-electron chi connectivity index (χ1n) is 8.98. The molecule has 0 unspecified atom stereocenters. The van der Waals surface area contributed by atoms with Gasteiger partial charge < -0.3 is 20.2 Å². The minimum absolute atomic E-state index is 0.0546. The second-order valence-corrected chi connectivity index (χ2v) is 8.10. The molecule has 29 heavy (non-hydrogen) atoms. The maximum Gasteiger partial charge on any atom is 0.265 e. The van der Waals surface area contributed by atoms with Crippen LogP contribution in [-0.4, -0.2) is 38.9 Å². The molecule has 0 amide bonds. The van der Waals surface area contributed by atoms with Crippen molar-refractivity contribution >= 4 is 27.6 Å². The number of nitrogens with one attached hydrogen (secondary N) is 2. The first-order valence-corrected chi connectivity index (χ1v) is 10.5. The van der Waals surface area contributed by atoms with Crippen LogP contribution in [-0.2, 0) is 10.0 Å². The van der Waals surface area contributed by atoms with Crippen LogP contribution < -0.4 is 19.5 Å². The second kappa shape index (κ2) is 8.58. The number of nitrogens with zero attached hydrogens (tertiary/aromatic N) is 1. The summed E-state index contributed by atoms with van der Waals surface area (Å²) in [6, 6.07) is 4.98. The normalized spacial score (nSPS) is 17.8. The number of halogens is 1. The molecule has 2 heterocycles. The summed E-state index contributed by atoms with van der Waals surface area (Å²) in [5.74, 6) is -0.288. The molecule has 0 saturated carbocycles. The Labute approximate surface area is 168 Å². The Bertz CT molecular complexity index is 1060. The average Bonchev–Trinajstić information content (AvgIpc) is 2.82. The summed E-state index contributed by atoms with van der Waals surface area (Å²) < 4.78 is 52.8. The molecule has 2 aromatic rings. The van der Waals surface area contributed by atoms with Crippen LogP contribution in [0.5, 0.6) is 11.6 Å². The van der Waals surface area contributed by atoms with E-state index in [0.29, 0.717) is 23.7 Å². The smallest absolute Gasteiger partial charge is 0.265 e. The average molecular weight is 421 g/mol. The fourth-order valence-electron chi connectivity index (χ4n) is 2.90. The highest BCUT2D eigenvalue weighted by atomic mass is 32.2. The van der Waals surface area contributed by atoms with Crippen LogP contribution >= 0.6 is 0 Å². The Balaban J connectivity index is 1.99. The summed E-state index contributed by atoms with van der Waals surface area (Å²) in [5, 5.41) is 9.29. The molecule has 0 radical (unpaired) electrons. The monoisotopic (exact) mass is 421 g/mol. The summed E-state index contributed by atoms with van der Waals surface area (Å²) in [6.07, 6.45) is 4.06. The number of hydrogen-bond acceptors (Lipinski definition) is 6. The maximum atomic E-state index is 13.7. The highest BCUT2D eigenvalue weighted by Gasteiger charge is 2.25. The number of benzene rings is 1. The topological polar surface area (TPSA) is 118 Å². The van der Waals surface area contributed by atoms with E-state index in [1.54, 1.807) is 19.1 Å². The van der Waals surface area contributed by atoms with Crippen LogP contribution in [0.4, 0.5) is 10.1 Å². The lowest BCUT2D eigenvalue weighted by molar-refractivity contribution is -0.598. The van der Waals surface area contributed by atoms with Crippen LogP contribution in [0, 0.1) is 11.2 Å². The summed E-state index contributed by atoms with van der Waals surface area (Å²) in [6.45, 7) is 4.32. The Hall–Kier alpha value is -2.98. The molecule has 0 fully saturated rings. The standard InChI is InChI=1S/C19H21FN4O4S/c1-3-27-17-5-4-13(20)8-18(17)29(25,26)24-14-9-15-16(6-7-21)23-12(2)11-28-19(15)22-10-14/h4-10,12,21,23-24H,3,11H2,1-2H3/p+1/b16-6-,21-7?/t12-/m1/s1. The van der Waals surface area contributed by atoms with E-state index in [-0.39, 0.29) is 29.0 Å². The first-order chi connectivity index (χ1) is 13.8. The highest BCUT2D eigenvalue weighted by molar-refractivity contribution is 7.92. The van der Waals surface area contributed by atoms with Gasteiger partial charge in [-0.25, -0.2) is 17.8 Å².